The summed E-state index contributed by atoms with van der Waals surface area (Å²) in [6.07, 6.45) is 1.35. The highest BCUT2D eigenvalue weighted by molar-refractivity contribution is 5.91. The Bertz CT molecular complexity index is 493. The van der Waals surface area contributed by atoms with Gasteiger partial charge in [0, 0.05) is 12.1 Å². The van der Waals surface area contributed by atoms with Crippen LogP contribution in [0, 0.1) is 10.1 Å². The molecule has 0 N–H and O–H groups in total. The molecule has 0 spiro atoms. The molecule has 0 atom stereocenters. The van der Waals surface area contributed by atoms with Crippen molar-refractivity contribution < 1.29 is 24.0 Å². The van der Waals surface area contributed by atoms with Gasteiger partial charge in [0.1, 0.15) is 6.42 Å². The first-order chi connectivity index (χ1) is 10.4. The van der Waals surface area contributed by atoms with Gasteiger partial charge in [-0.2, -0.15) is 0 Å². The van der Waals surface area contributed by atoms with Gasteiger partial charge >= 0.3 is 11.9 Å². The largest absolute Gasteiger partial charge is 0.466 e. The van der Waals surface area contributed by atoms with Crippen molar-refractivity contribution >= 4 is 23.7 Å². The number of hydrogen-bond acceptors (Lipinski definition) is 6. The maximum atomic E-state index is 10.6. The highest BCUT2D eigenvalue weighted by atomic mass is 16.6. The number of nitrogens with zero attached hydrogens (tertiary/aromatic N) is 1. The minimum atomic E-state index is -0.536. The Morgan fingerprint density at radius 2 is 1.59 bits per heavy atom. The van der Waals surface area contributed by atoms with Gasteiger partial charge in [-0.05, 0) is 31.5 Å². The maximum Gasteiger partial charge on any atom is 0.317 e. The summed E-state index contributed by atoms with van der Waals surface area (Å²) in [5, 5.41) is 10.2. The first kappa shape index (κ1) is 19.3. The zero-order chi connectivity index (χ0) is 17.0. The number of benzene rings is 1. The molecule has 120 valence electrons. The standard InChI is InChI=1S/C8H7NO2.C7H12O4/c1-2-7-3-5-8(6-4-7)9(10)11;1-3-10-6(8)5-7(9)11-4-2/h2-6H,1H2;3-5H2,1-2H3. The molecule has 1 aromatic carbocycles. The second-order valence-electron chi connectivity index (χ2n) is 3.84. The molecular formula is C15H19NO6. The third-order valence-corrected chi connectivity index (χ3v) is 2.24. The monoisotopic (exact) mass is 309 g/mol. The number of ether oxygens (including phenoxy) is 2. The Morgan fingerprint density at radius 3 is 1.91 bits per heavy atom. The fraction of sp³-hybridized carbons (Fsp3) is 0.333. The summed E-state index contributed by atoms with van der Waals surface area (Å²) in [4.78, 5) is 31.0. The zero-order valence-electron chi connectivity index (χ0n) is 12.6. The second-order valence-corrected chi connectivity index (χ2v) is 3.84. The lowest BCUT2D eigenvalue weighted by atomic mass is 10.2. The molecule has 0 saturated carbocycles. The SMILES string of the molecule is C=Cc1ccc([N+](=O)[O-])cc1.CCOC(=O)CC(=O)OCC. The minimum absolute atomic E-state index is 0.107. The molecule has 0 aliphatic heterocycles. The van der Waals surface area contributed by atoms with E-state index in [1.165, 1.54) is 12.1 Å². The van der Waals surface area contributed by atoms with Crippen LogP contribution in [0.15, 0.2) is 30.8 Å². The summed E-state index contributed by atoms with van der Waals surface area (Å²) in [6.45, 7) is 7.48. The fourth-order valence-corrected chi connectivity index (χ4v) is 1.27. The first-order valence-electron chi connectivity index (χ1n) is 6.62. The van der Waals surface area contributed by atoms with Gasteiger partial charge in [-0.15, -0.1) is 0 Å². The minimum Gasteiger partial charge on any atom is -0.466 e. The lowest BCUT2D eigenvalue weighted by Crippen LogP contribution is -2.13. The van der Waals surface area contributed by atoms with Crippen LogP contribution in [0.4, 0.5) is 5.69 Å². The molecule has 1 rings (SSSR count). The summed E-state index contributed by atoms with van der Waals surface area (Å²) < 4.78 is 9.04. The number of carbonyl (C=O) groups is 2. The topological polar surface area (TPSA) is 95.7 Å². The molecule has 7 heteroatoms. The van der Waals surface area contributed by atoms with Gasteiger partial charge in [-0.1, -0.05) is 12.7 Å². The summed E-state index contributed by atoms with van der Waals surface area (Å²) in [7, 11) is 0. The molecule has 0 aliphatic carbocycles. The number of esters is 2. The van der Waals surface area contributed by atoms with Gasteiger partial charge in [-0.3, -0.25) is 19.7 Å². The van der Waals surface area contributed by atoms with Crippen molar-refractivity contribution in [2.75, 3.05) is 13.2 Å². The Morgan fingerprint density at radius 1 is 1.14 bits per heavy atom. The van der Waals surface area contributed by atoms with E-state index in [4.69, 9.17) is 0 Å². The van der Waals surface area contributed by atoms with Crippen LogP contribution >= 0.6 is 0 Å². The normalized spacial score (nSPS) is 9.00. The van der Waals surface area contributed by atoms with Crippen molar-refractivity contribution in [2.45, 2.75) is 20.3 Å². The van der Waals surface area contributed by atoms with Crippen LogP contribution in [0.1, 0.15) is 25.8 Å². The molecule has 7 nitrogen and oxygen atoms in total. The van der Waals surface area contributed by atoms with E-state index in [0.29, 0.717) is 0 Å². The molecule has 0 aromatic heterocycles. The lowest BCUT2D eigenvalue weighted by molar-refractivity contribution is -0.384. The molecule has 0 heterocycles. The van der Waals surface area contributed by atoms with Gasteiger partial charge in [-0.25, -0.2) is 0 Å². The van der Waals surface area contributed by atoms with E-state index in [9.17, 15) is 19.7 Å². The summed E-state index contributed by atoms with van der Waals surface area (Å²) in [5.74, 6) is -1.07. The van der Waals surface area contributed by atoms with Crippen LogP contribution < -0.4 is 0 Å². The van der Waals surface area contributed by atoms with Crippen molar-refractivity contribution in [1.82, 2.24) is 0 Å². The summed E-state index contributed by atoms with van der Waals surface area (Å²) >= 11 is 0. The van der Waals surface area contributed by atoms with E-state index in [2.05, 4.69) is 16.1 Å². The molecular weight excluding hydrogens is 290 g/mol. The van der Waals surface area contributed by atoms with Gasteiger partial charge in [0.25, 0.3) is 5.69 Å². The average Bonchev–Trinajstić information content (AvgIpc) is 2.48. The highest BCUT2D eigenvalue weighted by Gasteiger charge is 2.09. The van der Waals surface area contributed by atoms with Gasteiger partial charge in [0.05, 0.1) is 18.1 Å². The third-order valence-electron chi connectivity index (χ3n) is 2.24. The number of carbonyl (C=O) groups excluding carboxylic acids is 2. The first-order valence-corrected chi connectivity index (χ1v) is 6.62. The Balaban J connectivity index is 0.000000401. The highest BCUT2D eigenvalue weighted by Crippen LogP contribution is 2.11. The maximum absolute atomic E-state index is 10.6. The van der Waals surface area contributed by atoms with Crippen LogP contribution in [0.3, 0.4) is 0 Å². The van der Waals surface area contributed by atoms with Crippen LogP contribution in [-0.4, -0.2) is 30.1 Å². The molecule has 22 heavy (non-hydrogen) atoms. The molecule has 0 radical (unpaired) electrons. The molecule has 0 amide bonds. The van der Waals surface area contributed by atoms with Crippen molar-refractivity contribution in [2.24, 2.45) is 0 Å². The van der Waals surface area contributed by atoms with Crippen LogP contribution in [0.25, 0.3) is 6.08 Å². The van der Waals surface area contributed by atoms with Crippen LogP contribution in [-0.2, 0) is 19.1 Å². The molecule has 0 bridgehead atoms. The number of nitro benzene ring substituents is 1. The number of nitro groups is 1. The van der Waals surface area contributed by atoms with Crippen LogP contribution in [0.5, 0.6) is 0 Å². The van der Waals surface area contributed by atoms with E-state index in [1.54, 1.807) is 32.1 Å². The van der Waals surface area contributed by atoms with E-state index < -0.39 is 16.9 Å². The number of hydrogen-bond donors (Lipinski definition) is 0. The average molecular weight is 309 g/mol. The van der Waals surface area contributed by atoms with Gasteiger partial charge in [0.2, 0.25) is 0 Å². The number of rotatable bonds is 6. The van der Waals surface area contributed by atoms with Crippen molar-refractivity contribution in [3.05, 3.63) is 46.5 Å². The number of non-ortho nitro benzene ring substituents is 1. The van der Waals surface area contributed by atoms with Crippen LogP contribution in [0.2, 0.25) is 0 Å². The second kappa shape index (κ2) is 11.0. The Labute approximate surface area is 128 Å². The Kier molecular flexibility index (Phi) is 9.66. The third kappa shape index (κ3) is 8.47. The van der Waals surface area contributed by atoms with E-state index >= 15 is 0 Å². The summed E-state index contributed by atoms with van der Waals surface area (Å²) in [6, 6.07) is 6.23. The van der Waals surface area contributed by atoms with Crippen molar-refractivity contribution in [1.29, 1.82) is 0 Å². The van der Waals surface area contributed by atoms with Crippen molar-refractivity contribution in [3.63, 3.8) is 0 Å². The molecule has 1 aromatic rings. The molecule has 0 unspecified atom stereocenters. The van der Waals surface area contributed by atoms with E-state index in [0.717, 1.165) is 5.56 Å². The van der Waals surface area contributed by atoms with Gasteiger partial charge < -0.3 is 9.47 Å². The van der Waals surface area contributed by atoms with E-state index in [-0.39, 0.29) is 25.3 Å². The lowest BCUT2D eigenvalue weighted by Gasteiger charge is -2.00. The summed E-state index contributed by atoms with van der Waals surface area (Å²) in [5.41, 5.74) is 0.992. The molecule has 0 fully saturated rings. The predicted octanol–water partition coefficient (Wildman–Crippen LogP) is 2.74. The quantitative estimate of drug-likeness (QED) is 0.347. The predicted molar refractivity (Wildman–Crippen MR) is 81.1 cm³/mol. The van der Waals surface area contributed by atoms with Gasteiger partial charge in [0.15, 0.2) is 0 Å². The Hall–Kier alpha value is -2.70. The molecule has 0 saturated heterocycles. The van der Waals surface area contributed by atoms with E-state index in [1.807, 2.05) is 0 Å². The fourth-order valence-electron chi connectivity index (χ4n) is 1.27. The smallest absolute Gasteiger partial charge is 0.317 e. The zero-order valence-corrected chi connectivity index (χ0v) is 12.6. The van der Waals surface area contributed by atoms with Crippen molar-refractivity contribution in [3.8, 4) is 0 Å². The molecule has 0 aliphatic rings.